The largest absolute Gasteiger partial charge is 0.397 e. The van der Waals surface area contributed by atoms with Gasteiger partial charge in [-0.05, 0) is 18.6 Å². The highest BCUT2D eigenvalue weighted by molar-refractivity contribution is 5.56. The average molecular weight is 163 g/mol. The highest BCUT2D eigenvalue weighted by Gasteiger charge is 1.94. The Kier molecular flexibility index (Phi) is 2.82. The summed E-state index contributed by atoms with van der Waals surface area (Å²) in [7, 11) is 0. The maximum atomic E-state index is 5.57. The quantitative estimate of drug-likeness (QED) is 0.682. The molecule has 0 spiro atoms. The number of aromatic nitrogens is 1. The second-order valence-corrected chi connectivity index (χ2v) is 2.58. The van der Waals surface area contributed by atoms with Gasteiger partial charge in [-0.3, -0.25) is 4.98 Å². The molecule has 3 nitrogen and oxygen atoms in total. The van der Waals surface area contributed by atoms with Crippen molar-refractivity contribution in [2.24, 2.45) is 5.73 Å². The average Bonchev–Trinajstić information content (AvgIpc) is 2.07. The summed E-state index contributed by atoms with van der Waals surface area (Å²) in [5, 5.41) is 0. The van der Waals surface area contributed by atoms with Crippen molar-refractivity contribution in [3.05, 3.63) is 29.6 Å². The number of nitrogens with zero attached hydrogens (tertiary/aromatic N) is 1. The fraction of sp³-hybridized carbons (Fsp3) is 0.222. The predicted molar refractivity (Wildman–Crippen MR) is 51.5 cm³/mol. The molecule has 0 aliphatic heterocycles. The van der Waals surface area contributed by atoms with E-state index in [1.807, 2.05) is 25.1 Å². The molecule has 1 aromatic heterocycles. The molecule has 0 fully saturated rings. The van der Waals surface area contributed by atoms with Gasteiger partial charge in [-0.1, -0.05) is 12.2 Å². The van der Waals surface area contributed by atoms with Gasteiger partial charge in [0.2, 0.25) is 0 Å². The van der Waals surface area contributed by atoms with Crippen LogP contribution in [-0.4, -0.2) is 11.5 Å². The standard InChI is InChI=1S/C9H13N3/c1-7-8(3-2-4-10)5-9(11)6-12-7/h2-3,5-6H,4,10-11H2,1H3. The van der Waals surface area contributed by atoms with Gasteiger partial charge in [0.15, 0.2) is 0 Å². The number of pyridine rings is 1. The molecule has 0 radical (unpaired) electrons. The van der Waals surface area contributed by atoms with E-state index in [-0.39, 0.29) is 0 Å². The summed E-state index contributed by atoms with van der Waals surface area (Å²) in [6.07, 6.45) is 5.46. The van der Waals surface area contributed by atoms with Gasteiger partial charge >= 0.3 is 0 Å². The van der Waals surface area contributed by atoms with Crippen molar-refractivity contribution >= 4 is 11.8 Å². The Morgan fingerprint density at radius 2 is 2.33 bits per heavy atom. The molecule has 0 aromatic carbocycles. The number of anilines is 1. The first kappa shape index (κ1) is 8.74. The molecule has 0 saturated carbocycles. The summed E-state index contributed by atoms with van der Waals surface area (Å²) in [5.41, 5.74) is 13.6. The van der Waals surface area contributed by atoms with E-state index in [4.69, 9.17) is 11.5 Å². The molecular weight excluding hydrogens is 150 g/mol. The number of nitrogen functional groups attached to an aromatic ring is 1. The zero-order valence-electron chi connectivity index (χ0n) is 7.12. The monoisotopic (exact) mass is 163 g/mol. The van der Waals surface area contributed by atoms with Crippen LogP contribution in [0.25, 0.3) is 6.08 Å². The normalized spacial score (nSPS) is 10.8. The smallest absolute Gasteiger partial charge is 0.0506 e. The van der Waals surface area contributed by atoms with Crippen LogP contribution in [0, 0.1) is 6.92 Å². The first-order chi connectivity index (χ1) is 5.74. The van der Waals surface area contributed by atoms with E-state index in [0.29, 0.717) is 12.2 Å². The molecule has 0 aliphatic carbocycles. The Balaban J connectivity index is 2.97. The van der Waals surface area contributed by atoms with Gasteiger partial charge in [0.05, 0.1) is 11.9 Å². The number of rotatable bonds is 2. The van der Waals surface area contributed by atoms with Gasteiger partial charge < -0.3 is 11.5 Å². The van der Waals surface area contributed by atoms with Crippen LogP contribution in [0.4, 0.5) is 5.69 Å². The van der Waals surface area contributed by atoms with Crippen LogP contribution in [-0.2, 0) is 0 Å². The van der Waals surface area contributed by atoms with Crippen molar-refractivity contribution in [3.63, 3.8) is 0 Å². The summed E-state index contributed by atoms with van der Waals surface area (Å²) in [6, 6.07) is 1.88. The number of aryl methyl sites for hydroxylation is 1. The van der Waals surface area contributed by atoms with Crippen molar-refractivity contribution in [2.45, 2.75) is 6.92 Å². The zero-order chi connectivity index (χ0) is 8.97. The minimum Gasteiger partial charge on any atom is -0.397 e. The lowest BCUT2D eigenvalue weighted by Crippen LogP contribution is -1.94. The molecule has 64 valence electrons. The van der Waals surface area contributed by atoms with Crippen molar-refractivity contribution in [2.75, 3.05) is 12.3 Å². The molecule has 0 unspecified atom stereocenters. The first-order valence-corrected chi connectivity index (χ1v) is 3.83. The minimum absolute atomic E-state index is 0.536. The molecule has 1 aromatic rings. The Morgan fingerprint density at radius 3 is 3.00 bits per heavy atom. The lowest BCUT2D eigenvalue weighted by molar-refractivity contribution is 1.19. The fourth-order valence-corrected chi connectivity index (χ4v) is 0.931. The number of hydrogen-bond donors (Lipinski definition) is 2. The molecule has 3 heteroatoms. The first-order valence-electron chi connectivity index (χ1n) is 3.83. The van der Waals surface area contributed by atoms with E-state index >= 15 is 0 Å². The third-order valence-electron chi connectivity index (χ3n) is 1.58. The van der Waals surface area contributed by atoms with E-state index in [0.717, 1.165) is 11.3 Å². The van der Waals surface area contributed by atoms with Gasteiger partial charge in [-0.25, -0.2) is 0 Å². The van der Waals surface area contributed by atoms with Crippen LogP contribution >= 0.6 is 0 Å². The number of hydrogen-bond acceptors (Lipinski definition) is 3. The third kappa shape index (κ3) is 2.07. The highest BCUT2D eigenvalue weighted by atomic mass is 14.7. The molecular formula is C9H13N3. The van der Waals surface area contributed by atoms with Crippen LogP contribution in [0.15, 0.2) is 18.3 Å². The Hall–Kier alpha value is -1.35. The topological polar surface area (TPSA) is 64.9 Å². The summed E-state index contributed by atoms with van der Waals surface area (Å²) < 4.78 is 0. The van der Waals surface area contributed by atoms with Crippen LogP contribution in [0.1, 0.15) is 11.3 Å². The molecule has 0 atom stereocenters. The van der Waals surface area contributed by atoms with E-state index in [1.54, 1.807) is 6.20 Å². The summed E-state index contributed by atoms with van der Waals surface area (Å²) in [6.45, 7) is 2.48. The molecule has 1 heterocycles. The van der Waals surface area contributed by atoms with E-state index in [9.17, 15) is 0 Å². The number of nitrogens with two attached hydrogens (primary N) is 2. The van der Waals surface area contributed by atoms with Gasteiger partial charge in [-0.15, -0.1) is 0 Å². The Bertz CT molecular complexity index is 292. The second-order valence-electron chi connectivity index (χ2n) is 2.58. The van der Waals surface area contributed by atoms with E-state index in [2.05, 4.69) is 4.98 Å². The second kappa shape index (κ2) is 3.88. The van der Waals surface area contributed by atoms with Crippen molar-refractivity contribution in [3.8, 4) is 0 Å². The van der Waals surface area contributed by atoms with Crippen LogP contribution in [0.3, 0.4) is 0 Å². The zero-order valence-corrected chi connectivity index (χ0v) is 7.12. The molecule has 0 saturated heterocycles. The maximum Gasteiger partial charge on any atom is 0.0506 e. The maximum absolute atomic E-state index is 5.57. The lowest BCUT2D eigenvalue weighted by Gasteiger charge is -1.99. The highest BCUT2D eigenvalue weighted by Crippen LogP contribution is 2.10. The van der Waals surface area contributed by atoms with Gasteiger partial charge in [0.1, 0.15) is 0 Å². The molecule has 0 aliphatic rings. The van der Waals surface area contributed by atoms with Crippen molar-refractivity contribution in [1.29, 1.82) is 0 Å². The van der Waals surface area contributed by atoms with Crippen LogP contribution < -0.4 is 11.5 Å². The van der Waals surface area contributed by atoms with Crippen molar-refractivity contribution in [1.82, 2.24) is 4.98 Å². The van der Waals surface area contributed by atoms with E-state index < -0.39 is 0 Å². The van der Waals surface area contributed by atoms with Crippen molar-refractivity contribution < 1.29 is 0 Å². The van der Waals surface area contributed by atoms with Crippen LogP contribution in [0.5, 0.6) is 0 Å². The summed E-state index contributed by atoms with van der Waals surface area (Å²) in [4.78, 5) is 4.11. The molecule has 0 bridgehead atoms. The molecule has 4 N–H and O–H groups in total. The predicted octanol–water partition coefficient (Wildman–Crippen LogP) is 0.944. The Labute approximate surface area is 72.1 Å². The minimum atomic E-state index is 0.536. The van der Waals surface area contributed by atoms with Gasteiger partial charge in [0, 0.05) is 12.2 Å². The van der Waals surface area contributed by atoms with Crippen LogP contribution in [0.2, 0.25) is 0 Å². The Morgan fingerprint density at radius 1 is 1.58 bits per heavy atom. The van der Waals surface area contributed by atoms with Gasteiger partial charge in [-0.2, -0.15) is 0 Å². The lowest BCUT2D eigenvalue weighted by atomic mass is 10.2. The SMILES string of the molecule is Cc1ncc(N)cc1C=CCN. The van der Waals surface area contributed by atoms with E-state index in [1.165, 1.54) is 0 Å². The molecule has 1 rings (SSSR count). The van der Waals surface area contributed by atoms with Gasteiger partial charge in [0.25, 0.3) is 0 Å². The summed E-state index contributed by atoms with van der Waals surface area (Å²) in [5.74, 6) is 0. The molecule has 12 heavy (non-hydrogen) atoms. The summed E-state index contributed by atoms with van der Waals surface area (Å²) >= 11 is 0. The third-order valence-corrected chi connectivity index (χ3v) is 1.58. The molecule has 0 amide bonds. The fourth-order valence-electron chi connectivity index (χ4n) is 0.931.